The summed E-state index contributed by atoms with van der Waals surface area (Å²) in [5.74, 6) is 1.07. The highest BCUT2D eigenvalue weighted by molar-refractivity contribution is 5.43. The highest BCUT2D eigenvalue weighted by Crippen LogP contribution is 2.35. The van der Waals surface area contributed by atoms with Gasteiger partial charge in [0.15, 0.2) is 0 Å². The van der Waals surface area contributed by atoms with E-state index in [0.717, 1.165) is 25.2 Å². The lowest BCUT2D eigenvalue weighted by Crippen LogP contribution is -2.27. The van der Waals surface area contributed by atoms with Gasteiger partial charge >= 0.3 is 0 Å². The number of hydrogen-bond acceptors (Lipinski definition) is 3. The Morgan fingerprint density at radius 3 is 3.00 bits per heavy atom. The second kappa shape index (κ2) is 6.59. The number of benzene rings is 1. The summed E-state index contributed by atoms with van der Waals surface area (Å²) in [6.45, 7) is 1.59. The number of ether oxygens (including phenoxy) is 2. The Kier molecular flexibility index (Phi) is 4.58. The van der Waals surface area contributed by atoms with Gasteiger partial charge in [-0.2, -0.15) is 0 Å². The van der Waals surface area contributed by atoms with Crippen LogP contribution in [0.2, 0.25) is 0 Å². The molecule has 3 nitrogen and oxygen atoms in total. The van der Waals surface area contributed by atoms with Crippen LogP contribution < -0.4 is 10.1 Å². The van der Waals surface area contributed by atoms with Gasteiger partial charge in [0.1, 0.15) is 12.4 Å². The molecule has 1 heterocycles. The molecule has 0 amide bonds. The van der Waals surface area contributed by atoms with Crippen LogP contribution in [-0.2, 0) is 11.2 Å². The Balaban J connectivity index is 1.70. The summed E-state index contributed by atoms with van der Waals surface area (Å²) < 4.78 is 11.8. The second-order valence-electron chi connectivity index (χ2n) is 5.86. The van der Waals surface area contributed by atoms with Crippen molar-refractivity contribution in [2.24, 2.45) is 0 Å². The topological polar surface area (TPSA) is 30.5 Å². The highest BCUT2D eigenvalue weighted by Gasteiger charge is 2.22. The molecule has 1 aromatic carbocycles. The van der Waals surface area contributed by atoms with Gasteiger partial charge in [0, 0.05) is 12.6 Å². The average molecular weight is 275 g/mol. The summed E-state index contributed by atoms with van der Waals surface area (Å²) in [4.78, 5) is 0. The van der Waals surface area contributed by atoms with Gasteiger partial charge in [-0.15, -0.1) is 0 Å². The largest absolute Gasteiger partial charge is 0.491 e. The zero-order valence-corrected chi connectivity index (χ0v) is 12.4. The summed E-state index contributed by atoms with van der Waals surface area (Å²) in [5.41, 5.74) is 2.81. The highest BCUT2D eigenvalue weighted by atomic mass is 16.5. The van der Waals surface area contributed by atoms with Crippen molar-refractivity contribution < 1.29 is 9.47 Å². The Morgan fingerprint density at radius 2 is 2.20 bits per heavy atom. The molecule has 1 saturated heterocycles. The van der Waals surface area contributed by atoms with Gasteiger partial charge in [0.2, 0.25) is 0 Å². The van der Waals surface area contributed by atoms with Gasteiger partial charge in [-0.1, -0.05) is 12.1 Å². The number of hydrogen-bond donors (Lipinski definition) is 1. The van der Waals surface area contributed by atoms with E-state index >= 15 is 0 Å². The maximum absolute atomic E-state index is 6.08. The third-order valence-electron chi connectivity index (χ3n) is 4.51. The molecule has 3 rings (SSSR count). The van der Waals surface area contributed by atoms with Crippen molar-refractivity contribution in [3.8, 4) is 5.75 Å². The minimum Gasteiger partial charge on any atom is -0.491 e. The molecule has 0 spiro atoms. The van der Waals surface area contributed by atoms with Crippen molar-refractivity contribution >= 4 is 0 Å². The molecule has 0 saturated carbocycles. The molecule has 20 heavy (non-hydrogen) atoms. The van der Waals surface area contributed by atoms with Gasteiger partial charge in [-0.05, 0) is 62.8 Å². The summed E-state index contributed by atoms with van der Waals surface area (Å²) in [6.07, 6.45) is 7.47. The van der Waals surface area contributed by atoms with Crippen molar-refractivity contribution in [2.75, 3.05) is 20.3 Å². The Morgan fingerprint density at radius 1 is 1.25 bits per heavy atom. The van der Waals surface area contributed by atoms with Crippen LogP contribution in [0.3, 0.4) is 0 Å². The zero-order chi connectivity index (χ0) is 13.8. The van der Waals surface area contributed by atoms with E-state index in [-0.39, 0.29) is 6.10 Å². The van der Waals surface area contributed by atoms with E-state index in [1.165, 1.54) is 36.8 Å². The molecule has 3 heteroatoms. The fraction of sp³-hybridized carbons (Fsp3) is 0.647. The van der Waals surface area contributed by atoms with Gasteiger partial charge in [-0.3, -0.25) is 0 Å². The minimum absolute atomic E-state index is 0.281. The SMILES string of the molecule is CNC1CCCc2c(OCC3CCCCO3)cccc21. The van der Waals surface area contributed by atoms with E-state index in [4.69, 9.17) is 9.47 Å². The molecule has 110 valence electrons. The first-order valence-corrected chi connectivity index (χ1v) is 7.92. The molecule has 0 aromatic heterocycles. The monoisotopic (exact) mass is 275 g/mol. The lowest BCUT2D eigenvalue weighted by Gasteiger charge is -2.28. The predicted molar refractivity (Wildman–Crippen MR) is 80.3 cm³/mol. The van der Waals surface area contributed by atoms with Crippen LogP contribution in [0.4, 0.5) is 0 Å². The predicted octanol–water partition coefficient (Wildman–Crippen LogP) is 3.23. The third-order valence-corrected chi connectivity index (χ3v) is 4.51. The molecule has 1 aliphatic heterocycles. The van der Waals surface area contributed by atoms with Crippen LogP contribution in [0.25, 0.3) is 0 Å². The standard InChI is InChI=1S/C17H25NO2/c1-18-16-9-4-8-15-14(16)7-5-10-17(15)20-12-13-6-2-3-11-19-13/h5,7,10,13,16,18H,2-4,6,8-9,11-12H2,1H3. The fourth-order valence-electron chi connectivity index (χ4n) is 3.37. The zero-order valence-electron chi connectivity index (χ0n) is 12.4. The van der Waals surface area contributed by atoms with Crippen LogP contribution in [0, 0.1) is 0 Å². The van der Waals surface area contributed by atoms with E-state index in [1.54, 1.807) is 0 Å². The molecule has 1 N–H and O–H groups in total. The first-order chi connectivity index (χ1) is 9.88. The Hall–Kier alpha value is -1.06. The van der Waals surface area contributed by atoms with Crippen molar-refractivity contribution in [3.05, 3.63) is 29.3 Å². The molecule has 1 aromatic rings. The van der Waals surface area contributed by atoms with Crippen molar-refractivity contribution in [3.63, 3.8) is 0 Å². The van der Waals surface area contributed by atoms with Crippen molar-refractivity contribution in [1.29, 1.82) is 0 Å². The van der Waals surface area contributed by atoms with E-state index in [2.05, 4.69) is 23.5 Å². The molecule has 1 fully saturated rings. The lowest BCUT2D eigenvalue weighted by atomic mass is 9.87. The normalized spacial score (nSPS) is 26.1. The fourth-order valence-corrected chi connectivity index (χ4v) is 3.37. The lowest BCUT2D eigenvalue weighted by molar-refractivity contribution is -0.0112. The molecular weight excluding hydrogens is 250 g/mol. The quantitative estimate of drug-likeness (QED) is 0.915. The smallest absolute Gasteiger partial charge is 0.122 e. The summed E-state index contributed by atoms with van der Waals surface area (Å²) in [7, 11) is 2.04. The third kappa shape index (κ3) is 2.99. The molecule has 1 aliphatic carbocycles. The molecular formula is C17H25NO2. The molecule has 2 aliphatic rings. The van der Waals surface area contributed by atoms with Gasteiger partial charge in [-0.25, -0.2) is 0 Å². The maximum Gasteiger partial charge on any atom is 0.122 e. The number of nitrogens with one attached hydrogen (secondary N) is 1. The van der Waals surface area contributed by atoms with Crippen molar-refractivity contribution in [1.82, 2.24) is 5.32 Å². The van der Waals surface area contributed by atoms with Crippen LogP contribution >= 0.6 is 0 Å². The van der Waals surface area contributed by atoms with Crippen LogP contribution in [0.1, 0.15) is 49.3 Å². The number of rotatable bonds is 4. The van der Waals surface area contributed by atoms with Gasteiger partial charge in [0.05, 0.1) is 6.10 Å². The maximum atomic E-state index is 6.08. The van der Waals surface area contributed by atoms with Crippen LogP contribution in [-0.4, -0.2) is 26.4 Å². The first-order valence-electron chi connectivity index (χ1n) is 7.92. The van der Waals surface area contributed by atoms with E-state index < -0.39 is 0 Å². The summed E-state index contributed by atoms with van der Waals surface area (Å²) in [5, 5.41) is 3.41. The van der Waals surface area contributed by atoms with Gasteiger partial charge in [0.25, 0.3) is 0 Å². The van der Waals surface area contributed by atoms with E-state index in [1.807, 2.05) is 7.05 Å². The summed E-state index contributed by atoms with van der Waals surface area (Å²) >= 11 is 0. The van der Waals surface area contributed by atoms with Gasteiger partial charge < -0.3 is 14.8 Å². The molecule has 0 bridgehead atoms. The second-order valence-corrected chi connectivity index (χ2v) is 5.86. The Labute approximate surface area is 121 Å². The number of fused-ring (bicyclic) bond motifs is 1. The summed E-state index contributed by atoms with van der Waals surface area (Å²) in [6, 6.07) is 6.94. The Bertz CT molecular complexity index is 441. The molecule has 2 atom stereocenters. The minimum atomic E-state index is 0.281. The first kappa shape index (κ1) is 13.9. The van der Waals surface area contributed by atoms with E-state index in [9.17, 15) is 0 Å². The van der Waals surface area contributed by atoms with Crippen molar-refractivity contribution in [2.45, 2.75) is 50.7 Å². The molecule has 2 unspecified atom stereocenters. The molecule has 0 radical (unpaired) electrons. The van der Waals surface area contributed by atoms with Crippen LogP contribution in [0.5, 0.6) is 5.75 Å². The van der Waals surface area contributed by atoms with Crippen LogP contribution in [0.15, 0.2) is 18.2 Å². The van der Waals surface area contributed by atoms with E-state index in [0.29, 0.717) is 12.6 Å². The average Bonchev–Trinajstić information content (AvgIpc) is 2.53.